The maximum Gasteiger partial charge on any atom is 0.255 e. The monoisotopic (exact) mass is 460 g/mol. The smallest absolute Gasteiger partial charge is 0.255 e. The predicted octanol–water partition coefficient (Wildman–Crippen LogP) is 3.62. The lowest BCUT2D eigenvalue weighted by molar-refractivity contribution is 0.0745. The Balaban J connectivity index is 1.35. The maximum atomic E-state index is 12.8. The first-order chi connectivity index (χ1) is 16.5. The number of aromatic nitrogens is 1. The zero-order chi connectivity index (χ0) is 24.1. The van der Waals surface area contributed by atoms with Crippen LogP contribution in [-0.2, 0) is 0 Å². The van der Waals surface area contributed by atoms with Crippen LogP contribution in [0.3, 0.4) is 0 Å². The quantitative estimate of drug-likeness (QED) is 0.605. The molecule has 1 N–H and O–H groups in total. The van der Waals surface area contributed by atoms with Gasteiger partial charge in [0.15, 0.2) is 11.5 Å². The minimum Gasteiger partial charge on any atom is -0.493 e. The normalized spacial score (nSPS) is 13.4. The molecular weight excluding hydrogens is 432 g/mol. The van der Waals surface area contributed by atoms with Crippen LogP contribution in [0.2, 0.25) is 0 Å². The number of rotatable bonds is 6. The van der Waals surface area contributed by atoms with Gasteiger partial charge in [0.25, 0.3) is 11.8 Å². The SMILES string of the molecule is COc1ccc(C(=O)Nc2ccc(N3CCN(C(=O)c4ccccc4C)CC3)nc2)cc1OC. The molecule has 34 heavy (non-hydrogen) atoms. The Labute approximate surface area is 199 Å². The number of piperazine rings is 1. The van der Waals surface area contributed by atoms with Gasteiger partial charge in [-0.2, -0.15) is 0 Å². The van der Waals surface area contributed by atoms with E-state index in [-0.39, 0.29) is 11.8 Å². The first-order valence-electron chi connectivity index (χ1n) is 11.1. The molecule has 1 saturated heterocycles. The van der Waals surface area contributed by atoms with E-state index in [1.54, 1.807) is 31.5 Å². The van der Waals surface area contributed by atoms with Crippen molar-refractivity contribution >= 4 is 23.3 Å². The second-order valence-corrected chi connectivity index (χ2v) is 8.02. The summed E-state index contributed by atoms with van der Waals surface area (Å²) in [6, 6.07) is 16.4. The summed E-state index contributed by atoms with van der Waals surface area (Å²) >= 11 is 0. The summed E-state index contributed by atoms with van der Waals surface area (Å²) in [5.74, 6) is 1.67. The van der Waals surface area contributed by atoms with Gasteiger partial charge in [-0.05, 0) is 48.9 Å². The highest BCUT2D eigenvalue weighted by molar-refractivity contribution is 6.04. The van der Waals surface area contributed by atoms with Crippen LogP contribution in [-0.4, -0.2) is 62.1 Å². The predicted molar refractivity (Wildman–Crippen MR) is 131 cm³/mol. The highest BCUT2D eigenvalue weighted by Crippen LogP contribution is 2.28. The van der Waals surface area contributed by atoms with Crippen LogP contribution in [0.4, 0.5) is 11.5 Å². The molecule has 0 bridgehead atoms. The number of nitrogens with one attached hydrogen (secondary N) is 1. The van der Waals surface area contributed by atoms with E-state index in [0.717, 1.165) is 16.9 Å². The van der Waals surface area contributed by atoms with Crippen molar-refractivity contribution in [2.24, 2.45) is 0 Å². The molecule has 1 aromatic heterocycles. The van der Waals surface area contributed by atoms with Gasteiger partial charge in [-0.15, -0.1) is 0 Å². The zero-order valence-corrected chi connectivity index (χ0v) is 19.6. The zero-order valence-electron chi connectivity index (χ0n) is 19.6. The standard InChI is InChI=1S/C26H28N4O4/c1-18-6-4-5-7-21(18)26(32)30-14-12-29(13-15-30)24-11-9-20(17-27-24)28-25(31)19-8-10-22(33-2)23(16-19)34-3/h4-11,16-17H,12-15H2,1-3H3,(H,28,31). The summed E-state index contributed by atoms with van der Waals surface area (Å²) < 4.78 is 10.5. The Kier molecular flexibility index (Phi) is 6.96. The molecule has 2 amide bonds. The summed E-state index contributed by atoms with van der Waals surface area (Å²) in [7, 11) is 3.08. The summed E-state index contributed by atoms with van der Waals surface area (Å²) in [6.45, 7) is 4.61. The van der Waals surface area contributed by atoms with Crippen molar-refractivity contribution in [2.45, 2.75) is 6.92 Å². The van der Waals surface area contributed by atoms with E-state index < -0.39 is 0 Å². The van der Waals surface area contributed by atoms with Gasteiger partial charge in [-0.3, -0.25) is 9.59 Å². The minimum atomic E-state index is -0.265. The van der Waals surface area contributed by atoms with E-state index in [1.165, 1.54) is 7.11 Å². The number of methoxy groups -OCH3 is 2. The van der Waals surface area contributed by atoms with Crippen LogP contribution in [0.1, 0.15) is 26.3 Å². The van der Waals surface area contributed by atoms with Crippen molar-refractivity contribution in [2.75, 3.05) is 50.6 Å². The first kappa shape index (κ1) is 23.1. The second-order valence-electron chi connectivity index (χ2n) is 8.02. The van der Waals surface area contributed by atoms with Gasteiger partial charge in [0.1, 0.15) is 5.82 Å². The summed E-state index contributed by atoms with van der Waals surface area (Å²) in [5.41, 5.74) is 2.79. The number of benzene rings is 2. The first-order valence-corrected chi connectivity index (χ1v) is 11.1. The van der Waals surface area contributed by atoms with Crippen molar-refractivity contribution in [1.29, 1.82) is 0 Å². The van der Waals surface area contributed by atoms with Crippen molar-refractivity contribution in [3.05, 3.63) is 77.5 Å². The number of carbonyl (C=O) groups excluding carboxylic acids is 2. The molecule has 1 aliphatic heterocycles. The van der Waals surface area contributed by atoms with E-state index in [1.807, 2.05) is 48.2 Å². The van der Waals surface area contributed by atoms with Crippen molar-refractivity contribution in [3.63, 3.8) is 0 Å². The maximum absolute atomic E-state index is 12.8. The Morgan fingerprint density at radius 3 is 2.29 bits per heavy atom. The average Bonchev–Trinajstić information content (AvgIpc) is 2.88. The van der Waals surface area contributed by atoms with Gasteiger partial charge in [0.2, 0.25) is 0 Å². The third kappa shape index (κ3) is 4.96. The Morgan fingerprint density at radius 2 is 1.65 bits per heavy atom. The molecule has 8 nitrogen and oxygen atoms in total. The van der Waals surface area contributed by atoms with E-state index in [2.05, 4.69) is 15.2 Å². The number of hydrogen-bond donors (Lipinski definition) is 1. The molecule has 0 atom stereocenters. The molecule has 0 saturated carbocycles. The number of amides is 2. The molecule has 2 aromatic carbocycles. The summed E-state index contributed by atoms with van der Waals surface area (Å²) in [6.07, 6.45) is 1.64. The highest BCUT2D eigenvalue weighted by Gasteiger charge is 2.23. The molecule has 0 spiro atoms. The molecule has 0 unspecified atom stereocenters. The number of carbonyl (C=O) groups is 2. The number of hydrogen-bond acceptors (Lipinski definition) is 6. The van der Waals surface area contributed by atoms with Crippen LogP contribution in [0.5, 0.6) is 11.5 Å². The number of pyridine rings is 1. The average molecular weight is 461 g/mol. The number of nitrogens with zero attached hydrogens (tertiary/aromatic N) is 3. The summed E-state index contributed by atoms with van der Waals surface area (Å²) in [4.78, 5) is 34.0. The molecule has 176 valence electrons. The van der Waals surface area contributed by atoms with Crippen molar-refractivity contribution < 1.29 is 19.1 Å². The Bertz CT molecular complexity index is 1170. The fourth-order valence-corrected chi connectivity index (χ4v) is 3.95. The third-order valence-corrected chi connectivity index (χ3v) is 5.92. The Morgan fingerprint density at radius 1 is 0.912 bits per heavy atom. The van der Waals surface area contributed by atoms with Crippen molar-refractivity contribution in [1.82, 2.24) is 9.88 Å². The molecular formula is C26H28N4O4. The minimum absolute atomic E-state index is 0.0685. The summed E-state index contributed by atoms with van der Waals surface area (Å²) in [5, 5.41) is 2.85. The van der Waals surface area contributed by atoms with Crippen molar-refractivity contribution in [3.8, 4) is 11.5 Å². The number of ether oxygens (including phenoxy) is 2. The van der Waals surface area contributed by atoms with Crippen LogP contribution >= 0.6 is 0 Å². The van der Waals surface area contributed by atoms with E-state index >= 15 is 0 Å². The molecule has 2 heterocycles. The molecule has 0 radical (unpaired) electrons. The molecule has 3 aromatic rings. The van der Waals surface area contributed by atoms with Gasteiger partial charge >= 0.3 is 0 Å². The number of aryl methyl sites for hydroxylation is 1. The lowest BCUT2D eigenvalue weighted by Crippen LogP contribution is -2.49. The fourth-order valence-electron chi connectivity index (χ4n) is 3.95. The van der Waals surface area contributed by atoms with Gasteiger partial charge in [0.05, 0.1) is 26.1 Å². The van der Waals surface area contributed by atoms with Gasteiger partial charge in [0, 0.05) is 37.3 Å². The lowest BCUT2D eigenvalue weighted by atomic mass is 10.1. The second kappa shape index (κ2) is 10.2. The van der Waals surface area contributed by atoms with E-state index in [9.17, 15) is 9.59 Å². The molecule has 1 fully saturated rings. The lowest BCUT2D eigenvalue weighted by Gasteiger charge is -2.35. The van der Waals surface area contributed by atoms with Crippen LogP contribution in [0.25, 0.3) is 0 Å². The molecule has 8 heteroatoms. The van der Waals surface area contributed by atoms with Gasteiger partial charge < -0.3 is 24.6 Å². The molecule has 1 aliphatic rings. The van der Waals surface area contributed by atoms with Crippen LogP contribution < -0.4 is 19.7 Å². The van der Waals surface area contributed by atoms with E-state index in [4.69, 9.17) is 9.47 Å². The topological polar surface area (TPSA) is 84.0 Å². The number of anilines is 2. The van der Waals surface area contributed by atoms with Crippen LogP contribution in [0, 0.1) is 6.92 Å². The fraction of sp³-hybridized carbons (Fsp3) is 0.269. The largest absolute Gasteiger partial charge is 0.493 e. The van der Waals surface area contributed by atoms with E-state index in [0.29, 0.717) is 48.9 Å². The molecule has 4 rings (SSSR count). The van der Waals surface area contributed by atoms with Gasteiger partial charge in [-0.25, -0.2) is 4.98 Å². The molecule has 0 aliphatic carbocycles. The van der Waals surface area contributed by atoms with Crippen LogP contribution in [0.15, 0.2) is 60.8 Å². The Hall–Kier alpha value is -4.07. The highest BCUT2D eigenvalue weighted by atomic mass is 16.5. The van der Waals surface area contributed by atoms with Gasteiger partial charge in [-0.1, -0.05) is 18.2 Å². The third-order valence-electron chi connectivity index (χ3n) is 5.92.